The molecule has 0 saturated heterocycles. The number of halogens is 3. The molecule has 0 aromatic heterocycles. The molecule has 1 nitrogen and oxygen atoms in total. The molecule has 19 heavy (non-hydrogen) atoms. The molecule has 0 radical (unpaired) electrons. The highest BCUT2D eigenvalue weighted by molar-refractivity contribution is 14.1. The van der Waals surface area contributed by atoms with Crippen LogP contribution in [-0.4, -0.2) is 0 Å². The van der Waals surface area contributed by atoms with Gasteiger partial charge in [0.25, 0.3) is 0 Å². The highest BCUT2D eigenvalue weighted by Gasteiger charge is 2.06. The van der Waals surface area contributed by atoms with Crippen LogP contribution in [0.2, 0.25) is 5.02 Å². The molecule has 0 bridgehead atoms. The second-order valence-corrected chi connectivity index (χ2v) is 5.98. The van der Waals surface area contributed by atoms with Crippen LogP contribution in [0, 0.1) is 9.39 Å². The van der Waals surface area contributed by atoms with E-state index in [0.29, 0.717) is 0 Å². The molecule has 4 heteroatoms. The standard InChI is InChI=1S/C15H14ClFIN/c1-10(12-3-2-4-13(17)8-12)19-9-11-5-6-14(16)15(18)7-11/h2-8,10,19H,9H2,1H3/t10-/m1/s1. The van der Waals surface area contributed by atoms with E-state index < -0.39 is 0 Å². The van der Waals surface area contributed by atoms with Crippen molar-refractivity contribution < 1.29 is 4.39 Å². The highest BCUT2D eigenvalue weighted by Crippen LogP contribution is 2.20. The van der Waals surface area contributed by atoms with Gasteiger partial charge in [0.15, 0.2) is 0 Å². The predicted molar refractivity (Wildman–Crippen MR) is 85.8 cm³/mol. The fourth-order valence-corrected chi connectivity index (χ4v) is 2.51. The van der Waals surface area contributed by atoms with Gasteiger partial charge in [-0.25, -0.2) is 4.39 Å². The van der Waals surface area contributed by atoms with Crippen LogP contribution in [0.4, 0.5) is 4.39 Å². The molecule has 0 spiro atoms. The zero-order valence-electron chi connectivity index (χ0n) is 10.5. The fraction of sp³-hybridized carbons (Fsp3) is 0.200. The lowest BCUT2D eigenvalue weighted by molar-refractivity contribution is 0.565. The molecule has 0 amide bonds. The van der Waals surface area contributed by atoms with Gasteiger partial charge in [0.05, 0.1) is 5.02 Å². The van der Waals surface area contributed by atoms with E-state index >= 15 is 0 Å². The van der Waals surface area contributed by atoms with Gasteiger partial charge in [0.1, 0.15) is 5.82 Å². The summed E-state index contributed by atoms with van der Waals surface area (Å²) in [5.41, 5.74) is 2.11. The van der Waals surface area contributed by atoms with Crippen LogP contribution in [0.5, 0.6) is 0 Å². The van der Waals surface area contributed by atoms with E-state index in [2.05, 4.69) is 27.9 Å². The van der Waals surface area contributed by atoms with Gasteiger partial charge in [0, 0.05) is 16.2 Å². The summed E-state index contributed by atoms with van der Waals surface area (Å²) in [5.74, 6) is -0.202. The minimum Gasteiger partial charge on any atom is -0.306 e. The third-order valence-electron chi connectivity index (χ3n) is 2.95. The first-order valence-corrected chi connectivity index (χ1v) is 7.44. The molecule has 2 aromatic carbocycles. The molecule has 0 heterocycles. The molecule has 0 fully saturated rings. The number of nitrogens with one attached hydrogen (secondary N) is 1. The first-order chi connectivity index (χ1) is 9.06. The van der Waals surface area contributed by atoms with Gasteiger partial charge < -0.3 is 5.32 Å². The molecule has 2 aromatic rings. The Bertz CT molecular complexity index is 574. The smallest absolute Gasteiger partial charge is 0.123 e. The van der Waals surface area contributed by atoms with Crippen LogP contribution in [-0.2, 0) is 6.54 Å². The Morgan fingerprint density at radius 1 is 1.26 bits per heavy atom. The topological polar surface area (TPSA) is 12.0 Å². The van der Waals surface area contributed by atoms with Crippen molar-refractivity contribution in [3.8, 4) is 0 Å². The van der Waals surface area contributed by atoms with Gasteiger partial charge in [-0.15, -0.1) is 0 Å². The van der Waals surface area contributed by atoms with Crippen LogP contribution < -0.4 is 5.32 Å². The summed E-state index contributed by atoms with van der Waals surface area (Å²) >= 11 is 8.20. The summed E-state index contributed by atoms with van der Waals surface area (Å²) in [7, 11) is 0. The Morgan fingerprint density at radius 2 is 2.05 bits per heavy atom. The molecule has 1 atom stereocenters. The van der Waals surface area contributed by atoms with Crippen molar-refractivity contribution in [2.75, 3.05) is 0 Å². The molecular weight excluding hydrogens is 376 g/mol. The second-order valence-electron chi connectivity index (χ2n) is 4.41. The summed E-state index contributed by atoms with van der Waals surface area (Å²) in [4.78, 5) is 0. The molecule has 0 unspecified atom stereocenters. The maximum Gasteiger partial charge on any atom is 0.123 e. The van der Waals surface area contributed by atoms with Crippen LogP contribution in [0.3, 0.4) is 0 Å². The van der Waals surface area contributed by atoms with E-state index in [9.17, 15) is 4.39 Å². The number of hydrogen-bond acceptors (Lipinski definition) is 1. The minimum atomic E-state index is -0.202. The van der Waals surface area contributed by atoms with Gasteiger partial charge in [0.2, 0.25) is 0 Å². The van der Waals surface area contributed by atoms with E-state index in [0.717, 1.165) is 26.3 Å². The third kappa shape index (κ3) is 4.16. The van der Waals surface area contributed by atoms with E-state index in [1.54, 1.807) is 12.1 Å². The maximum atomic E-state index is 13.1. The zero-order chi connectivity index (χ0) is 13.8. The molecule has 0 aliphatic carbocycles. The normalized spacial score (nSPS) is 12.4. The first-order valence-electron chi connectivity index (χ1n) is 5.99. The molecule has 0 saturated carbocycles. The van der Waals surface area contributed by atoms with Crippen LogP contribution in [0.15, 0.2) is 42.5 Å². The fourth-order valence-electron chi connectivity index (χ4n) is 1.81. The summed E-state index contributed by atoms with van der Waals surface area (Å²) < 4.78 is 14.2. The second kappa shape index (κ2) is 6.68. The average molecular weight is 390 g/mol. The van der Waals surface area contributed by atoms with Crippen molar-refractivity contribution in [1.29, 1.82) is 0 Å². The Morgan fingerprint density at radius 3 is 2.74 bits per heavy atom. The Labute approximate surface area is 131 Å². The predicted octanol–water partition coefficient (Wildman–Crippen LogP) is 4.93. The molecular formula is C15H14ClFIN. The van der Waals surface area contributed by atoms with Gasteiger partial charge in [-0.1, -0.05) is 29.8 Å². The Balaban J connectivity index is 2.00. The lowest BCUT2D eigenvalue weighted by atomic mass is 10.1. The summed E-state index contributed by atoms with van der Waals surface area (Å²) in [5, 5.41) is 4.14. The first kappa shape index (κ1) is 14.8. The van der Waals surface area contributed by atoms with Crippen molar-refractivity contribution in [2.45, 2.75) is 19.5 Å². The van der Waals surface area contributed by atoms with Gasteiger partial charge in [-0.05, 0) is 64.9 Å². The lowest BCUT2D eigenvalue weighted by Gasteiger charge is -2.14. The average Bonchev–Trinajstić information content (AvgIpc) is 2.40. The van der Waals surface area contributed by atoms with Crippen LogP contribution >= 0.6 is 34.2 Å². The Kier molecular flexibility index (Phi) is 5.19. The molecule has 1 N–H and O–H groups in total. The SMILES string of the molecule is C[C@@H](NCc1ccc(Cl)c(I)c1)c1cccc(F)c1. The maximum absolute atomic E-state index is 13.1. The lowest BCUT2D eigenvalue weighted by Crippen LogP contribution is -2.18. The minimum absolute atomic E-state index is 0.101. The van der Waals surface area contributed by atoms with E-state index in [4.69, 9.17) is 11.6 Å². The van der Waals surface area contributed by atoms with Crippen molar-refractivity contribution in [1.82, 2.24) is 5.32 Å². The quantitative estimate of drug-likeness (QED) is 0.731. The molecule has 0 aliphatic heterocycles. The van der Waals surface area contributed by atoms with E-state index in [1.165, 1.54) is 6.07 Å². The van der Waals surface area contributed by atoms with Crippen LogP contribution in [0.25, 0.3) is 0 Å². The summed E-state index contributed by atoms with van der Waals surface area (Å²) in [6, 6.07) is 12.7. The third-order valence-corrected chi connectivity index (χ3v) is 4.49. The van der Waals surface area contributed by atoms with Crippen molar-refractivity contribution in [3.05, 3.63) is 68.0 Å². The number of rotatable bonds is 4. The molecule has 0 aliphatic rings. The van der Waals surface area contributed by atoms with Crippen LogP contribution in [0.1, 0.15) is 24.1 Å². The van der Waals surface area contributed by atoms with Gasteiger partial charge in [-0.3, -0.25) is 0 Å². The monoisotopic (exact) mass is 389 g/mol. The van der Waals surface area contributed by atoms with Crippen molar-refractivity contribution in [3.63, 3.8) is 0 Å². The summed E-state index contributed by atoms with van der Waals surface area (Å²) in [6.45, 7) is 2.75. The van der Waals surface area contributed by atoms with Gasteiger partial charge >= 0.3 is 0 Å². The largest absolute Gasteiger partial charge is 0.306 e. The summed E-state index contributed by atoms with van der Waals surface area (Å²) in [6.07, 6.45) is 0. The van der Waals surface area contributed by atoms with E-state index in [-0.39, 0.29) is 11.9 Å². The van der Waals surface area contributed by atoms with Crippen molar-refractivity contribution in [2.24, 2.45) is 0 Å². The number of benzene rings is 2. The van der Waals surface area contributed by atoms with Crippen molar-refractivity contribution >= 4 is 34.2 Å². The van der Waals surface area contributed by atoms with E-state index in [1.807, 2.05) is 31.2 Å². The highest BCUT2D eigenvalue weighted by atomic mass is 127. The Hall–Kier alpha value is -0.650. The molecule has 2 rings (SSSR count). The number of hydrogen-bond donors (Lipinski definition) is 1. The van der Waals surface area contributed by atoms with Gasteiger partial charge in [-0.2, -0.15) is 0 Å². The zero-order valence-corrected chi connectivity index (χ0v) is 13.4. The molecule has 100 valence electrons.